The van der Waals surface area contributed by atoms with Gasteiger partial charge in [-0.05, 0) is 63.3 Å². The molecular formula is C25H29NO5. The number of Topliss-reactive ketones (excluding diaryl/α,β-unsaturated/α-hetero) is 1. The minimum Gasteiger partial charge on any atom is -0.486 e. The Balaban J connectivity index is 1.33. The van der Waals surface area contributed by atoms with Gasteiger partial charge in [-0.1, -0.05) is 18.9 Å². The second-order valence-electron chi connectivity index (χ2n) is 9.03. The summed E-state index contributed by atoms with van der Waals surface area (Å²) in [5.74, 6) is 0.929. The number of carbonyl (C=O) groups is 2. The molecule has 3 aliphatic rings. The van der Waals surface area contributed by atoms with E-state index in [1.165, 1.54) is 0 Å². The van der Waals surface area contributed by atoms with E-state index >= 15 is 0 Å². The van der Waals surface area contributed by atoms with E-state index in [9.17, 15) is 9.59 Å². The molecule has 164 valence electrons. The molecule has 5 rings (SSSR count). The molecule has 6 heteroatoms. The standard InChI is InChI=1S/C25H29NO5/c1-16-13-20(17(2)26(16)19-6-7-19)21(27)15-31-24(28)25(9-3-4-10-25)18-5-8-22-23(14-18)30-12-11-29-22/h5,8,13-14,19H,3-4,6-7,9-12,15H2,1-2H3. The molecule has 2 aliphatic carbocycles. The highest BCUT2D eigenvalue weighted by Crippen LogP contribution is 2.45. The number of carbonyl (C=O) groups excluding carboxylic acids is 2. The van der Waals surface area contributed by atoms with Gasteiger partial charge in [0.2, 0.25) is 5.78 Å². The summed E-state index contributed by atoms with van der Waals surface area (Å²) in [6.07, 6.45) is 5.68. The summed E-state index contributed by atoms with van der Waals surface area (Å²) < 4.78 is 19.2. The third-order valence-electron chi connectivity index (χ3n) is 6.97. The van der Waals surface area contributed by atoms with Gasteiger partial charge in [0.25, 0.3) is 0 Å². The summed E-state index contributed by atoms with van der Waals surface area (Å²) in [5.41, 5.74) is 2.90. The number of nitrogens with zero attached hydrogens (tertiary/aromatic N) is 1. The molecule has 0 radical (unpaired) electrons. The number of ether oxygens (including phenoxy) is 3. The van der Waals surface area contributed by atoms with E-state index in [1.54, 1.807) is 0 Å². The van der Waals surface area contributed by atoms with Gasteiger partial charge in [0.1, 0.15) is 13.2 Å². The summed E-state index contributed by atoms with van der Waals surface area (Å²) in [6, 6.07) is 8.16. The Morgan fingerprint density at radius 1 is 1.06 bits per heavy atom. The fourth-order valence-electron chi connectivity index (χ4n) is 5.23. The van der Waals surface area contributed by atoms with Crippen LogP contribution in [0.4, 0.5) is 0 Å². The molecular weight excluding hydrogens is 394 g/mol. The van der Waals surface area contributed by atoms with Gasteiger partial charge in [0.05, 0.1) is 5.41 Å². The molecule has 31 heavy (non-hydrogen) atoms. The smallest absolute Gasteiger partial charge is 0.317 e. The van der Waals surface area contributed by atoms with Gasteiger partial charge in [-0.15, -0.1) is 0 Å². The fourth-order valence-corrected chi connectivity index (χ4v) is 5.23. The Kier molecular flexibility index (Phi) is 5.03. The van der Waals surface area contributed by atoms with Crippen molar-refractivity contribution in [3.8, 4) is 11.5 Å². The van der Waals surface area contributed by atoms with Gasteiger partial charge < -0.3 is 18.8 Å². The van der Waals surface area contributed by atoms with Crippen molar-refractivity contribution in [2.75, 3.05) is 19.8 Å². The predicted molar refractivity (Wildman–Crippen MR) is 115 cm³/mol. The predicted octanol–water partition coefficient (Wildman–Crippen LogP) is 4.45. The van der Waals surface area contributed by atoms with Crippen molar-refractivity contribution in [1.82, 2.24) is 4.57 Å². The molecule has 1 aliphatic heterocycles. The summed E-state index contributed by atoms with van der Waals surface area (Å²) in [6.45, 7) is 4.82. The van der Waals surface area contributed by atoms with Crippen LogP contribution in [0.25, 0.3) is 0 Å². The van der Waals surface area contributed by atoms with Crippen molar-refractivity contribution in [3.05, 3.63) is 46.8 Å². The van der Waals surface area contributed by atoms with Crippen LogP contribution in [0, 0.1) is 13.8 Å². The maximum absolute atomic E-state index is 13.3. The minimum absolute atomic E-state index is 0.135. The lowest BCUT2D eigenvalue weighted by atomic mass is 9.78. The molecule has 0 saturated heterocycles. The molecule has 0 amide bonds. The number of rotatable bonds is 6. The molecule has 0 N–H and O–H groups in total. The van der Waals surface area contributed by atoms with Crippen LogP contribution in [-0.2, 0) is 14.9 Å². The zero-order valence-electron chi connectivity index (χ0n) is 18.2. The zero-order chi connectivity index (χ0) is 21.6. The third kappa shape index (κ3) is 3.52. The van der Waals surface area contributed by atoms with Crippen LogP contribution in [-0.4, -0.2) is 36.1 Å². The third-order valence-corrected chi connectivity index (χ3v) is 6.97. The lowest BCUT2D eigenvalue weighted by Gasteiger charge is -2.28. The van der Waals surface area contributed by atoms with Crippen molar-refractivity contribution < 1.29 is 23.8 Å². The van der Waals surface area contributed by atoms with Gasteiger partial charge in [0, 0.05) is 23.0 Å². The number of ketones is 1. The molecule has 2 aromatic rings. The summed E-state index contributed by atoms with van der Waals surface area (Å²) in [7, 11) is 0. The second-order valence-corrected chi connectivity index (χ2v) is 9.03. The van der Waals surface area contributed by atoms with Crippen LogP contribution in [0.15, 0.2) is 24.3 Å². The van der Waals surface area contributed by atoms with Crippen molar-refractivity contribution in [3.63, 3.8) is 0 Å². The van der Waals surface area contributed by atoms with E-state index in [1.807, 2.05) is 38.1 Å². The Bertz CT molecular complexity index is 1030. The molecule has 6 nitrogen and oxygen atoms in total. The topological polar surface area (TPSA) is 66.8 Å². The van der Waals surface area contributed by atoms with Crippen LogP contribution in [0.3, 0.4) is 0 Å². The highest BCUT2D eigenvalue weighted by molar-refractivity contribution is 5.99. The van der Waals surface area contributed by atoms with Gasteiger partial charge in [0.15, 0.2) is 18.1 Å². The first-order valence-corrected chi connectivity index (χ1v) is 11.3. The van der Waals surface area contributed by atoms with Crippen LogP contribution in [0.5, 0.6) is 11.5 Å². The van der Waals surface area contributed by atoms with Crippen molar-refractivity contribution in [2.24, 2.45) is 0 Å². The van der Waals surface area contributed by atoms with E-state index in [0.717, 1.165) is 55.5 Å². The number of esters is 1. The molecule has 0 atom stereocenters. The van der Waals surface area contributed by atoms with Crippen LogP contribution < -0.4 is 9.47 Å². The van der Waals surface area contributed by atoms with E-state index in [-0.39, 0.29) is 18.4 Å². The lowest BCUT2D eigenvalue weighted by Crippen LogP contribution is -2.36. The largest absolute Gasteiger partial charge is 0.486 e. The molecule has 1 aromatic heterocycles. The lowest BCUT2D eigenvalue weighted by molar-refractivity contribution is -0.149. The van der Waals surface area contributed by atoms with Crippen molar-refractivity contribution in [1.29, 1.82) is 0 Å². The van der Waals surface area contributed by atoms with Gasteiger partial charge >= 0.3 is 5.97 Å². The fraction of sp³-hybridized carbons (Fsp3) is 0.520. The molecule has 2 saturated carbocycles. The number of fused-ring (bicyclic) bond motifs is 1. The minimum atomic E-state index is -0.721. The Labute approximate surface area is 182 Å². The highest BCUT2D eigenvalue weighted by Gasteiger charge is 2.45. The van der Waals surface area contributed by atoms with E-state index in [0.29, 0.717) is 36.3 Å². The average Bonchev–Trinajstić information content (AvgIpc) is 3.39. The summed E-state index contributed by atoms with van der Waals surface area (Å²) in [5, 5.41) is 0. The number of hydrogen-bond donors (Lipinski definition) is 0. The first-order valence-electron chi connectivity index (χ1n) is 11.3. The monoisotopic (exact) mass is 423 g/mol. The van der Waals surface area contributed by atoms with Gasteiger partial charge in [-0.2, -0.15) is 0 Å². The first-order chi connectivity index (χ1) is 15.0. The average molecular weight is 424 g/mol. The summed E-state index contributed by atoms with van der Waals surface area (Å²) in [4.78, 5) is 26.2. The Morgan fingerprint density at radius 3 is 2.48 bits per heavy atom. The van der Waals surface area contributed by atoms with Gasteiger partial charge in [-0.3, -0.25) is 9.59 Å². The molecule has 2 heterocycles. The second kappa shape index (κ2) is 7.74. The summed E-state index contributed by atoms with van der Waals surface area (Å²) >= 11 is 0. The van der Waals surface area contributed by atoms with Crippen molar-refractivity contribution in [2.45, 2.75) is 63.8 Å². The SMILES string of the molecule is Cc1cc(C(=O)COC(=O)C2(c3ccc4c(c3)OCCO4)CCCC2)c(C)n1C1CC1. The molecule has 0 unspecified atom stereocenters. The normalized spacial score (nSPS) is 19.3. The van der Waals surface area contributed by atoms with Crippen molar-refractivity contribution >= 4 is 11.8 Å². The van der Waals surface area contributed by atoms with E-state index in [2.05, 4.69) is 4.57 Å². The molecule has 2 fully saturated rings. The van der Waals surface area contributed by atoms with E-state index < -0.39 is 5.41 Å². The van der Waals surface area contributed by atoms with E-state index in [4.69, 9.17) is 14.2 Å². The Morgan fingerprint density at radius 2 is 1.77 bits per heavy atom. The zero-order valence-corrected chi connectivity index (χ0v) is 18.2. The van der Waals surface area contributed by atoms with Crippen LogP contribution >= 0.6 is 0 Å². The molecule has 1 aromatic carbocycles. The number of aromatic nitrogens is 1. The molecule has 0 spiro atoms. The molecule has 0 bridgehead atoms. The number of benzene rings is 1. The van der Waals surface area contributed by atoms with Crippen LogP contribution in [0.2, 0.25) is 0 Å². The number of aryl methyl sites for hydroxylation is 1. The maximum Gasteiger partial charge on any atom is 0.317 e. The highest BCUT2D eigenvalue weighted by atomic mass is 16.6. The Hall–Kier alpha value is -2.76. The number of hydrogen-bond acceptors (Lipinski definition) is 5. The maximum atomic E-state index is 13.3. The first kappa shape index (κ1) is 20.2. The van der Waals surface area contributed by atoms with Crippen LogP contribution in [0.1, 0.15) is 71.9 Å². The quantitative estimate of drug-likeness (QED) is 0.507. The van der Waals surface area contributed by atoms with Gasteiger partial charge in [-0.25, -0.2) is 0 Å².